The average Bonchev–Trinajstić information content (AvgIpc) is 2.93. The summed E-state index contributed by atoms with van der Waals surface area (Å²) in [4.78, 5) is 4.31. The van der Waals surface area contributed by atoms with Crippen LogP contribution < -0.4 is 5.73 Å². The fraction of sp³-hybridized carbons (Fsp3) is 0.0588. The zero-order valence-electron chi connectivity index (χ0n) is 11.8. The monoisotopic (exact) mass is 309 g/mol. The Morgan fingerprint density at radius 3 is 2.50 bits per heavy atom. The topological polar surface area (TPSA) is 75.8 Å². The maximum absolute atomic E-state index is 9.34. The molecule has 5 heteroatoms. The van der Waals surface area contributed by atoms with Crippen molar-refractivity contribution in [3.05, 3.63) is 58.8 Å². The molecule has 0 radical (unpaired) electrons. The Kier molecular flexibility index (Phi) is 3.58. The lowest BCUT2D eigenvalue weighted by molar-refractivity contribution is 0.548. The van der Waals surface area contributed by atoms with Gasteiger partial charge in [-0.3, -0.25) is 0 Å². The van der Waals surface area contributed by atoms with Gasteiger partial charge in [-0.2, -0.15) is 5.26 Å². The first-order chi connectivity index (χ1) is 10.6. The molecule has 108 valence electrons. The van der Waals surface area contributed by atoms with E-state index in [1.54, 1.807) is 18.2 Å². The second-order valence-electron chi connectivity index (χ2n) is 4.84. The third-order valence-electron chi connectivity index (χ3n) is 3.31. The van der Waals surface area contributed by atoms with Crippen molar-refractivity contribution >= 4 is 17.4 Å². The summed E-state index contributed by atoms with van der Waals surface area (Å²) in [6.45, 7) is 1.85. The summed E-state index contributed by atoms with van der Waals surface area (Å²) in [6.07, 6.45) is 0. The van der Waals surface area contributed by atoms with Crippen molar-refractivity contribution in [2.24, 2.45) is 0 Å². The van der Waals surface area contributed by atoms with E-state index < -0.39 is 0 Å². The van der Waals surface area contributed by atoms with Crippen molar-refractivity contribution in [2.45, 2.75) is 6.92 Å². The van der Waals surface area contributed by atoms with Gasteiger partial charge >= 0.3 is 0 Å². The SMILES string of the molecule is Cc1ccc(-c2cc(-c3ccc(Cl)cc3)nc(N)c2C#N)o1. The third-order valence-corrected chi connectivity index (χ3v) is 3.56. The van der Waals surface area contributed by atoms with Crippen LogP contribution in [0.25, 0.3) is 22.6 Å². The molecule has 22 heavy (non-hydrogen) atoms. The molecule has 2 aromatic heterocycles. The van der Waals surface area contributed by atoms with Crippen LogP contribution in [-0.2, 0) is 0 Å². The van der Waals surface area contributed by atoms with Crippen LogP contribution in [0.4, 0.5) is 5.82 Å². The first-order valence-electron chi connectivity index (χ1n) is 6.62. The van der Waals surface area contributed by atoms with E-state index in [9.17, 15) is 5.26 Å². The second-order valence-corrected chi connectivity index (χ2v) is 5.28. The molecule has 0 aliphatic heterocycles. The first kappa shape index (κ1) is 14.2. The fourth-order valence-electron chi connectivity index (χ4n) is 2.22. The van der Waals surface area contributed by atoms with E-state index in [-0.39, 0.29) is 5.82 Å². The minimum absolute atomic E-state index is 0.180. The highest BCUT2D eigenvalue weighted by atomic mass is 35.5. The predicted octanol–water partition coefficient (Wildman–Crippen LogP) is 4.42. The summed E-state index contributed by atoms with van der Waals surface area (Å²) in [5.41, 5.74) is 8.42. The van der Waals surface area contributed by atoms with E-state index in [1.807, 2.05) is 31.2 Å². The van der Waals surface area contributed by atoms with Crippen LogP contribution in [0.5, 0.6) is 0 Å². The predicted molar refractivity (Wildman–Crippen MR) is 86.2 cm³/mol. The summed E-state index contributed by atoms with van der Waals surface area (Å²) in [6, 6.07) is 14.8. The number of aromatic nitrogens is 1. The molecule has 0 aliphatic rings. The Balaban J connectivity index is 2.20. The van der Waals surface area contributed by atoms with Crippen molar-refractivity contribution in [2.75, 3.05) is 5.73 Å². The van der Waals surface area contributed by atoms with E-state index in [1.165, 1.54) is 0 Å². The van der Waals surface area contributed by atoms with Gasteiger partial charge in [0.15, 0.2) is 0 Å². The molecule has 0 spiro atoms. The van der Waals surface area contributed by atoms with Gasteiger partial charge < -0.3 is 10.2 Å². The highest BCUT2D eigenvalue weighted by Crippen LogP contribution is 2.32. The summed E-state index contributed by atoms with van der Waals surface area (Å²) in [5, 5.41) is 9.98. The van der Waals surface area contributed by atoms with Crippen LogP contribution >= 0.6 is 11.6 Å². The normalized spacial score (nSPS) is 10.4. The molecule has 0 amide bonds. The molecule has 3 aromatic rings. The number of furan rings is 1. The first-order valence-corrected chi connectivity index (χ1v) is 6.99. The molecule has 4 nitrogen and oxygen atoms in total. The van der Waals surface area contributed by atoms with Gasteiger partial charge in [0.25, 0.3) is 0 Å². The van der Waals surface area contributed by atoms with Crippen molar-refractivity contribution in [3.8, 4) is 28.7 Å². The smallest absolute Gasteiger partial charge is 0.142 e. The van der Waals surface area contributed by atoms with Gasteiger partial charge in [0, 0.05) is 16.1 Å². The van der Waals surface area contributed by atoms with E-state index in [4.69, 9.17) is 21.8 Å². The molecule has 0 fully saturated rings. The number of hydrogen-bond acceptors (Lipinski definition) is 4. The third kappa shape index (κ3) is 2.54. The van der Waals surface area contributed by atoms with Crippen LogP contribution in [0.15, 0.2) is 46.9 Å². The lowest BCUT2D eigenvalue weighted by atomic mass is 10.0. The Morgan fingerprint density at radius 2 is 1.91 bits per heavy atom. The summed E-state index contributed by atoms with van der Waals surface area (Å²) < 4.78 is 5.62. The zero-order chi connectivity index (χ0) is 15.7. The molecule has 0 saturated carbocycles. The van der Waals surface area contributed by atoms with Gasteiger partial charge in [-0.15, -0.1) is 0 Å². The Labute approximate surface area is 132 Å². The Bertz CT molecular complexity index is 876. The number of benzene rings is 1. The molecule has 0 unspecified atom stereocenters. The molecule has 2 N–H and O–H groups in total. The van der Waals surface area contributed by atoms with E-state index in [2.05, 4.69) is 11.1 Å². The van der Waals surface area contributed by atoms with Crippen LogP contribution in [0.3, 0.4) is 0 Å². The van der Waals surface area contributed by atoms with Crippen molar-refractivity contribution < 1.29 is 4.42 Å². The number of pyridine rings is 1. The van der Waals surface area contributed by atoms with Crippen LogP contribution in [0.2, 0.25) is 5.02 Å². The highest BCUT2D eigenvalue weighted by Gasteiger charge is 2.15. The van der Waals surface area contributed by atoms with Gasteiger partial charge in [0.05, 0.1) is 5.69 Å². The van der Waals surface area contributed by atoms with Crippen LogP contribution in [-0.4, -0.2) is 4.98 Å². The molecule has 0 bridgehead atoms. The van der Waals surface area contributed by atoms with E-state index in [0.717, 1.165) is 11.3 Å². The Morgan fingerprint density at radius 1 is 1.18 bits per heavy atom. The average molecular weight is 310 g/mol. The molecule has 3 rings (SSSR count). The zero-order valence-corrected chi connectivity index (χ0v) is 12.6. The highest BCUT2D eigenvalue weighted by molar-refractivity contribution is 6.30. The number of nitrogens with zero attached hydrogens (tertiary/aromatic N) is 2. The molecule has 1 aromatic carbocycles. The van der Waals surface area contributed by atoms with Crippen molar-refractivity contribution in [3.63, 3.8) is 0 Å². The maximum atomic E-state index is 9.34. The molecule has 2 heterocycles. The summed E-state index contributed by atoms with van der Waals surface area (Å²) in [5.74, 6) is 1.54. The number of nitrogens with two attached hydrogens (primary N) is 1. The van der Waals surface area contributed by atoms with Gasteiger partial charge in [-0.1, -0.05) is 23.7 Å². The van der Waals surface area contributed by atoms with Gasteiger partial charge in [0.2, 0.25) is 0 Å². The number of rotatable bonds is 2. The summed E-state index contributed by atoms with van der Waals surface area (Å²) in [7, 11) is 0. The number of nitriles is 1. The van der Waals surface area contributed by atoms with E-state index >= 15 is 0 Å². The standard InChI is InChI=1S/C17H12ClN3O/c1-10-2-7-16(22-10)13-8-15(21-17(20)14(13)9-19)11-3-5-12(18)6-4-11/h2-8H,1H3,(H2,20,21). The fourth-order valence-corrected chi connectivity index (χ4v) is 2.35. The number of aryl methyl sites for hydroxylation is 1. The Hall–Kier alpha value is -2.77. The largest absolute Gasteiger partial charge is 0.461 e. The summed E-state index contributed by atoms with van der Waals surface area (Å²) >= 11 is 5.90. The molecule has 0 aliphatic carbocycles. The van der Waals surface area contributed by atoms with Gasteiger partial charge in [-0.25, -0.2) is 4.98 Å². The molecular weight excluding hydrogens is 298 g/mol. The minimum Gasteiger partial charge on any atom is -0.461 e. The molecule has 0 saturated heterocycles. The van der Waals surface area contributed by atoms with Crippen molar-refractivity contribution in [1.29, 1.82) is 5.26 Å². The van der Waals surface area contributed by atoms with Crippen LogP contribution in [0.1, 0.15) is 11.3 Å². The van der Waals surface area contributed by atoms with E-state index in [0.29, 0.717) is 27.6 Å². The lowest BCUT2D eigenvalue weighted by Crippen LogP contribution is -1.99. The maximum Gasteiger partial charge on any atom is 0.142 e. The molecule has 0 atom stereocenters. The number of halogens is 1. The van der Waals surface area contributed by atoms with Gasteiger partial charge in [0.1, 0.15) is 29.0 Å². The number of nitrogen functional groups attached to an aromatic ring is 1. The van der Waals surface area contributed by atoms with Crippen LogP contribution in [0, 0.1) is 18.3 Å². The number of hydrogen-bond donors (Lipinski definition) is 1. The quantitative estimate of drug-likeness (QED) is 0.760. The lowest BCUT2D eigenvalue weighted by Gasteiger charge is -2.08. The van der Waals surface area contributed by atoms with Gasteiger partial charge in [-0.05, 0) is 37.3 Å². The minimum atomic E-state index is 0.180. The number of anilines is 1. The molecular formula is C17H12ClN3O. The second kappa shape index (κ2) is 5.55. The van der Waals surface area contributed by atoms with Crippen molar-refractivity contribution in [1.82, 2.24) is 4.98 Å².